The van der Waals surface area contributed by atoms with Gasteiger partial charge in [0.15, 0.2) is 11.5 Å². The standard InChI is InChI=1S/C18H16Cl2N6O2S/c1-27-13-3-2-4-14(6-13)28-9-16-23-24-18(26(16)21)29-10-12-8-25-7-11(19)5-15(20)17(25)22-12/h2-8H,9-10,21H2,1H3. The van der Waals surface area contributed by atoms with E-state index in [1.54, 1.807) is 29.8 Å². The lowest BCUT2D eigenvalue weighted by Crippen LogP contribution is -2.15. The van der Waals surface area contributed by atoms with Gasteiger partial charge < -0.3 is 19.7 Å². The number of nitrogens with zero attached hydrogens (tertiary/aromatic N) is 5. The Morgan fingerprint density at radius 2 is 1.97 bits per heavy atom. The molecule has 0 aliphatic heterocycles. The van der Waals surface area contributed by atoms with Crippen LogP contribution in [0.3, 0.4) is 0 Å². The number of aromatic nitrogens is 5. The summed E-state index contributed by atoms with van der Waals surface area (Å²) in [4.78, 5) is 4.51. The van der Waals surface area contributed by atoms with Crippen LogP contribution in [-0.2, 0) is 12.4 Å². The molecule has 4 aromatic rings. The average molecular weight is 451 g/mol. The molecule has 2 N–H and O–H groups in total. The SMILES string of the molecule is COc1cccc(OCc2nnc(SCc3cn4cc(Cl)cc(Cl)c4n3)n2N)c1. The number of nitrogen functional groups attached to an aromatic ring is 1. The Hall–Kier alpha value is -2.62. The number of halogens is 2. The first-order valence-corrected chi connectivity index (χ1v) is 10.2. The molecule has 0 fully saturated rings. The molecule has 3 aromatic heterocycles. The third-order valence-electron chi connectivity index (χ3n) is 4.02. The number of fused-ring (bicyclic) bond motifs is 1. The molecule has 0 saturated heterocycles. The van der Waals surface area contributed by atoms with Gasteiger partial charge in [0.25, 0.3) is 0 Å². The van der Waals surface area contributed by atoms with Gasteiger partial charge >= 0.3 is 0 Å². The summed E-state index contributed by atoms with van der Waals surface area (Å²) < 4.78 is 14.1. The van der Waals surface area contributed by atoms with Crippen molar-refractivity contribution in [3.05, 3.63) is 64.3 Å². The van der Waals surface area contributed by atoms with Crippen molar-refractivity contribution in [1.82, 2.24) is 24.3 Å². The number of hydrogen-bond donors (Lipinski definition) is 1. The summed E-state index contributed by atoms with van der Waals surface area (Å²) in [7, 11) is 1.60. The molecule has 0 amide bonds. The highest BCUT2D eigenvalue weighted by Crippen LogP contribution is 2.25. The number of rotatable bonds is 7. The van der Waals surface area contributed by atoms with Crippen LogP contribution in [0, 0.1) is 0 Å². The fourth-order valence-electron chi connectivity index (χ4n) is 2.63. The van der Waals surface area contributed by atoms with Crippen LogP contribution in [0.2, 0.25) is 10.0 Å². The monoisotopic (exact) mass is 450 g/mol. The van der Waals surface area contributed by atoms with E-state index >= 15 is 0 Å². The van der Waals surface area contributed by atoms with E-state index in [4.69, 9.17) is 38.5 Å². The molecular formula is C18H16Cl2N6O2S. The second-order valence-electron chi connectivity index (χ2n) is 5.99. The zero-order valence-corrected chi connectivity index (χ0v) is 17.6. The molecule has 29 heavy (non-hydrogen) atoms. The van der Waals surface area contributed by atoms with Crippen molar-refractivity contribution < 1.29 is 9.47 Å². The van der Waals surface area contributed by atoms with E-state index in [1.165, 1.54) is 16.4 Å². The summed E-state index contributed by atoms with van der Waals surface area (Å²) in [5.74, 6) is 8.52. The van der Waals surface area contributed by atoms with Crippen molar-refractivity contribution in [2.24, 2.45) is 0 Å². The number of ether oxygens (including phenoxy) is 2. The van der Waals surface area contributed by atoms with E-state index in [0.717, 1.165) is 5.69 Å². The number of thioether (sulfide) groups is 1. The summed E-state index contributed by atoms with van der Waals surface area (Å²) in [5, 5.41) is 9.82. The normalized spacial score (nSPS) is 11.1. The van der Waals surface area contributed by atoms with Crippen molar-refractivity contribution in [3.63, 3.8) is 0 Å². The fourth-order valence-corrected chi connectivity index (χ4v) is 3.91. The average Bonchev–Trinajstić information content (AvgIpc) is 3.28. The lowest BCUT2D eigenvalue weighted by molar-refractivity contribution is 0.289. The predicted molar refractivity (Wildman–Crippen MR) is 112 cm³/mol. The lowest BCUT2D eigenvalue weighted by atomic mass is 10.3. The molecule has 0 radical (unpaired) electrons. The maximum absolute atomic E-state index is 6.18. The summed E-state index contributed by atoms with van der Waals surface area (Å²) >= 11 is 13.6. The fraction of sp³-hybridized carbons (Fsp3) is 0.167. The minimum absolute atomic E-state index is 0.180. The number of hydrogen-bond acceptors (Lipinski definition) is 7. The first-order valence-electron chi connectivity index (χ1n) is 8.45. The van der Waals surface area contributed by atoms with Gasteiger partial charge in [-0.05, 0) is 18.2 Å². The van der Waals surface area contributed by atoms with E-state index in [2.05, 4.69) is 15.2 Å². The number of benzene rings is 1. The molecule has 0 saturated carbocycles. The third-order valence-corrected chi connectivity index (χ3v) is 5.48. The molecule has 4 rings (SSSR count). The maximum atomic E-state index is 6.18. The highest BCUT2D eigenvalue weighted by molar-refractivity contribution is 7.98. The molecule has 0 aliphatic carbocycles. The Balaban J connectivity index is 1.41. The smallest absolute Gasteiger partial charge is 0.210 e. The van der Waals surface area contributed by atoms with Crippen LogP contribution in [0.4, 0.5) is 0 Å². The zero-order valence-electron chi connectivity index (χ0n) is 15.2. The summed E-state index contributed by atoms with van der Waals surface area (Å²) in [6.07, 6.45) is 3.62. The lowest BCUT2D eigenvalue weighted by Gasteiger charge is -2.07. The topological polar surface area (TPSA) is 92.5 Å². The number of nitrogens with two attached hydrogens (primary N) is 1. The van der Waals surface area contributed by atoms with Crippen LogP contribution in [-0.4, -0.2) is 31.4 Å². The molecular weight excluding hydrogens is 435 g/mol. The van der Waals surface area contributed by atoms with Gasteiger partial charge in [-0.2, -0.15) is 0 Å². The largest absolute Gasteiger partial charge is 0.497 e. The van der Waals surface area contributed by atoms with E-state index in [9.17, 15) is 0 Å². The summed E-state index contributed by atoms with van der Waals surface area (Å²) in [6.45, 7) is 0.180. The van der Waals surface area contributed by atoms with Gasteiger partial charge in [0.1, 0.15) is 18.1 Å². The maximum Gasteiger partial charge on any atom is 0.210 e. The van der Waals surface area contributed by atoms with E-state index in [1.807, 2.05) is 24.4 Å². The van der Waals surface area contributed by atoms with Crippen LogP contribution in [0.15, 0.2) is 47.9 Å². The molecule has 0 atom stereocenters. The minimum Gasteiger partial charge on any atom is -0.497 e. The first kappa shape index (κ1) is 19.7. The van der Waals surface area contributed by atoms with Crippen LogP contribution in [0.25, 0.3) is 5.65 Å². The van der Waals surface area contributed by atoms with Crippen LogP contribution in [0.1, 0.15) is 11.5 Å². The van der Waals surface area contributed by atoms with Crippen molar-refractivity contribution >= 4 is 40.6 Å². The van der Waals surface area contributed by atoms with Crippen molar-refractivity contribution in [3.8, 4) is 11.5 Å². The molecule has 0 aliphatic rings. The first-order chi connectivity index (χ1) is 14.0. The highest BCUT2D eigenvalue weighted by Gasteiger charge is 2.13. The van der Waals surface area contributed by atoms with Gasteiger partial charge in [0.2, 0.25) is 5.16 Å². The molecule has 3 heterocycles. The number of pyridine rings is 1. The van der Waals surface area contributed by atoms with Crippen molar-refractivity contribution in [2.45, 2.75) is 17.5 Å². The Morgan fingerprint density at radius 1 is 1.14 bits per heavy atom. The van der Waals surface area contributed by atoms with Crippen LogP contribution >= 0.6 is 35.0 Å². The van der Waals surface area contributed by atoms with Gasteiger partial charge in [-0.3, -0.25) is 0 Å². The summed E-state index contributed by atoms with van der Waals surface area (Å²) in [6, 6.07) is 8.96. The molecule has 0 unspecified atom stereocenters. The van der Waals surface area contributed by atoms with Gasteiger partial charge in [0, 0.05) is 24.2 Å². The second-order valence-corrected chi connectivity index (χ2v) is 7.78. The van der Waals surface area contributed by atoms with Crippen LogP contribution in [0.5, 0.6) is 11.5 Å². The van der Waals surface area contributed by atoms with Gasteiger partial charge in [-0.25, -0.2) is 9.66 Å². The molecule has 0 bridgehead atoms. The van der Waals surface area contributed by atoms with Crippen molar-refractivity contribution in [2.75, 3.05) is 13.0 Å². The van der Waals surface area contributed by atoms with Gasteiger partial charge in [-0.1, -0.05) is 41.0 Å². The predicted octanol–water partition coefficient (Wildman–Crippen LogP) is 3.83. The van der Waals surface area contributed by atoms with E-state index in [-0.39, 0.29) is 6.61 Å². The Kier molecular flexibility index (Phi) is 5.70. The van der Waals surface area contributed by atoms with Gasteiger partial charge in [0.05, 0.1) is 22.8 Å². The van der Waals surface area contributed by atoms with Gasteiger partial charge in [-0.15, -0.1) is 10.2 Å². The molecule has 1 aromatic carbocycles. The summed E-state index contributed by atoms with van der Waals surface area (Å²) in [5.41, 5.74) is 1.46. The molecule has 0 spiro atoms. The Labute approximate surface area is 180 Å². The Bertz CT molecular complexity index is 1160. The zero-order chi connectivity index (χ0) is 20.4. The highest BCUT2D eigenvalue weighted by atomic mass is 35.5. The number of methoxy groups -OCH3 is 1. The third kappa shape index (κ3) is 4.36. The molecule has 11 heteroatoms. The Morgan fingerprint density at radius 3 is 2.79 bits per heavy atom. The second kappa shape index (κ2) is 8.40. The van der Waals surface area contributed by atoms with E-state index in [0.29, 0.717) is 43.9 Å². The van der Waals surface area contributed by atoms with E-state index < -0.39 is 0 Å². The molecule has 8 nitrogen and oxygen atoms in total. The van der Waals surface area contributed by atoms with Crippen molar-refractivity contribution in [1.29, 1.82) is 0 Å². The van der Waals surface area contributed by atoms with Crippen LogP contribution < -0.4 is 15.3 Å². The quantitative estimate of drug-likeness (QED) is 0.337. The number of imidazole rings is 1. The molecule has 150 valence electrons. The minimum atomic E-state index is 0.180.